The molecule has 1 aliphatic rings. The third-order valence-corrected chi connectivity index (χ3v) is 7.27. The highest BCUT2D eigenvalue weighted by molar-refractivity contribution is 7.07. The number of hydrogen-bond donors (Lipinski definition) is 0. The maximum absolute atomic E-state index is 13.8. The Kier molecular flexibility index (Phi) is 7.83. The van der Waals surface area contributed by atoms with E-state index in [0.717, 1.165) is 11.3 Å². The van der Waals surface area contributed by atoms with Gasteiger partial charge < -0.3 is 18.6 Å². The highest BCUT2D eigenvalue weighted by atomic mass is 32.1. The van der Waals surface area contributed by atoms with Crippen molar-refractivity contribution in [2.45, 2.75) is 19.9 Å². The van der Waals surface area contributed by atoms with Crippen LogP contribution in [0, 0.1) is 10.1 Å². The van der Waals surface area contributed by atoms with Crippen molar-refractivity contribution in [2.75, 3.05) is 20.3 Å². The molecule has 1 atom stereocenters. The van der Waals surface area contributed by atoms with Crippen LogP contribution in [0.5, 0.6) is 11.5 Å². The average Bonchev–Trinajstić information content (AvgIpc) is 3.57. The van der Waals surface area contributed by atoms with Crippen LogP contribution in [0.15, 0.2) is 80.6 Å². The summed E-state index contributed by atoms with van der Waals surface area (Å²) < 4.78 is 24.1. The average molecular weight is 576 g/mol. The van der Waals surface area contributed by atoms with Crippen LogP contribution in [-0.2, 0) is 9.53 Å². The zero-order chi connectivity index (χ0) is 29.1. The normalized spacial score (nSPS) is 14.6. The molecule has 5 rings (SSSR count). The molecule has 0 saturated heterocycles. The zero-order valence-electron chi connectivity index (χ0n) is 22.4. The first kappa shape index (κ1) is 27.6. The number of nitro benzene ring substituents is 1. The lowest BCUT2D eigenvalue weighted by Crippen LogP contribution is -2.39. The van der Waals surface area contributed by atoms with Crippen molar-refractivity contribution in [3.05, 3.63) is 107 Å². The van der Waals surface area contributed by atoms with Crippen molar-refractivity contribution >= 4 is 29.1 Å². The van der Waals surface area contributed by atoms with Crippen LogP contribution in [0.1, 0.15) is 31.2 Å². The highest BCUT2D eigenvalue weighted by Gasteiger charge is 2.31. The first-order chi connectivity index (χ1) is 19.9. The Balaban J connectivity index is 1.61. The number of benzene rings is 2. The number of hydrogen-bond acceptors (Lipinski definition) is 10. The Hall–Kier alpha value is -4.97. The summed E-state index contributed by atoms with van der Waals surface area (Å²) in [6.07, 6.45) is 2.95. The van der Waals surface area contributed by atoms with Gasteiger partial charge in [-0.3, -0.25) is 19.5 Å². The number of thiazole rings is 1. The first-order valence-electron chi connectivity index (χ1n) is 12.7. The smallest absolute Gasteiger partial charge is 0.337 e. The molecule has 2 aromatic carbocycles. The van der Waals surface area contributed by atoms with Crippen molar-refractivity contribution in [1.82, 2.24) is 4.57 Å². The fraction of sp³-hybridized carbons (Fsp3) is 0.207. The second kappa shape index (κ2) is 11.6. The second-order valence-electron chi connectivity index (χ2n) is 8.72. The quantitative estimate of drug-likeness (QED) is 0.166. The van der Waals surface area contributed by atoms with E-state index in [4.69, 9.17) is 18.6 Å². The van der Waals surface area contributed by atoms with Gasteiger partial charge >= 0.3 is 5.97 Å². The third-order valence-electron chi connectivity index (χ3n) is 6.27. The first-order valence-corrected chi connectivity index (χ1v) is 13.5. The molecule has 0 spiro atoms. The number of esters is 1. The fourth-order valence-electron chi connectivity index (χ4n) is 4.53. The summed E-state index contributed by atoms with van der Waals surface area (Å²) in [5.74, 6) is 1.02. The minimum atomic E-state index is -0.838. The predicted molar refractivity (Wildman–Crippen MR) is 151 cm³/mol. The molecular formula is C29H25N3O8S. The number of carbonyl (C=O) groups is 1. The van der Waals surface area contributed by atoms with Crippen LogP contribution in [0.4, 0.5) is 5.69 Å². The van der Waals surface area contributed by atoms with Gasteiger partial charge in [-0.1, -0.05) is 29.5 Å². The van der Waals surface area contributed by atoms with Gasteiger partial charge in [0.2, 0.25) is 0 Å². The van der Waals surface area contributed by atoms with Crippen molar-refractivity contribution in [3.63, 3.8) is 0 Å². The molecule has 0 amide bonds. The van der Waals surface area contributed by atoms with E-state index in [1.54, 1.807) is 54.6 Å². The molecule has 0 bridgehead atoms. The van der Waals surface area contributed by atoms with E-state index in [1.807, 2.05) is 13.8 Å². The van der Waals surface area contributed by atoms with Gasteiger partial charge in [0.15, 0.2) is 16.3 Å². The molecule has 210 valence electrons. The summed E-state index contributed by atoms with van der Waals surface area (Å²) in [6, 6.07) is 13.9. The number of fused-ring (bicyclic) bond motifs is 1. The highest BCUT2D eigenvalue weighted by Crippen LogP contribution is 2.35. The van der Waals surface area contributed by atoms with Crippen molar-refractivity contribution in [2.24, 2.45) is 4.99 Å². The number of nitrogens with zero attached hydrogens (tertiary/aromatic N) is 3. The summed E-state index contributed by atoms with van der Waals surface area (Å²) >= 11 is 1.12. The Bertz CT molecular complexity index is 1850. The van der Waals surface area contributed by atoms with Crippen LogP contribution < -0.4 is 24.4 Å². The molecule has 0 radical (unpaired) electrons. The standard InChI is InChI=1S/C29H25N3O8S/c1-4-38-23-12-10-17(14-24(23)39-5-2)26-20(28(34)37-3)16-30-29-31(26)27(33)25(41-29)15-18-11-13-22(40-18)19-8-6-7-9-21(19)32(35)36/h6-16,26H,4-5H2,1-3H3/b25-15+/t26-/m0/s1. The van der Waals surface area contributed by atoms with E-state index >= 15 is 0 Å². The molecule has 1 aliphatic heterocycles. The number of methoxy groups -OCH3 is 1. The lowest BCUT2D eigenvalue weighted by atomic mass is 9.97. The van der Waals surface area contributed by atoms with Gasteiger partial charge in [0, 0.05) is 18.3 Å². The summed E-state index contributed by atoms with van der Waals surface area (Å²) in [7, 11) is 1.26. The van der Waals surface area contributed by atoms with E-state index < -0.39 is 22.5 Å². The van der Waals surface area contributed by atoms with Crippen LogP contribution in [0.2, 0.25) is 0 Å². The molecule has 0 unspecified atom stereocenters. The van der Waals surface area contributed by atoms with E-state index in [0.29, 0.717) is 56.7 Å². The fourth-order valence-corrected chi connectivity index (χ4v) is 5.48. The topological polar surface area (TPSA) is 135 Å². The molecule has 0 aliphatic carbocycles. The van der Waals surface area contributed by atoms with Crippen LogP contribution in [-0.4, -0.2) is 35.8 Å². The second-order valence-corrected chi connectivity index (χ2v) is 9.73. The van der Waals surface area contributed by atoms with Crippen molar-refractivity contribution in [3.8, 4) is 22.8 Å². The summed E-state index contributed by atoms with van der Waals surface area (Å²) in [6.45, 7) is 4.54. The van der Waals surface area contributed by atoms with Gasteiger partial charge in [-0.25, -0.2) is 9.79 Å². The maximum Gasteiger partial charge on any atom is 0.337 e. The number of nitro groups is 1. The minimum absolute atomic E-state index is 0.0927. The molecule has 0 N–H and O–H groups in total. The number of furan rings is 1. The maximum atomic E-state index is 13.8. The molecule has 12 heteroatoms. The molecule has 41 heavy (non-hydrogen) atoms. The number of rotatable bonds is 9. The summed E-state index contributed by atoms with van der Waals surface area (Å²) in [5.41, 5.74) is 0.609. The van der Waals surface area contributed by atoms with Crippen LogP contribution in [0.25, 0.3) is 17.4 Å². The monoisotopic (exact) mass is 575 g/mol. The third kappa shape index (κ3) is 5.29. The van der Waals surface area contributed by atoms with Gasteiger partial charge in [-0.2, -0.15) is 0 Å². The molecule has 2 aromatic heterocycles. The minimum Gasteiger partial charge on any atom is -0.490 e. The molecular weight excluding hydrogens is 550 g/mol. The Labute approximate surface area is 237 Å². The van der Waals surface area contributed by atoms with Gasteiger partial charge in [0.25, 0.3) is 11.2 Å². The van der Waals surface area contributed by atoms with E-state index in [2.05, 4.69) is 4.99 Å². The van der Waals surface area contributed by atoms with Gasteiger partial charge in [0.1, 0.15) is 11.5 Å². The van der Waals surface area contributed by atoms with E-state index in [9.17, 15) is 19.7 Å². The number of para-hydroxylation sites is 1. The number of aromatic nitrogens is 1. The zero-order valence-corrected chi connectivity index (χ0v) is 23.2. The molecule has 4 aromatic rings. The van der Waals surface area contributed by atoms with Crippen LogP contribution >= 0.6 is 11.3 Å². The van der Waals surface area contributed by atoms with Crippen LogP contribution in [0.3, 0.4) is 0 Å². The van der Waals surface area contributed by atoms with Gasteiger partial charge in [0.05, 0.1) is 47.0 Å². The Morgan fingerprint density at radius 2 is 1.88 bits per heavy atom. The number of ether oxygens (including phenoxy) is 3. The Morgan fingerprint density at radius 3 is 2.61 bits per heavy atom. The number of carbonyl (C=O) groups excluding carboxylic acids is 1. The van der Waals surface area contributed by atoms with Crippen molar-refractivity contribution < 1.29 is 28.3 Å². The van der Waals surface area contributed by atoms with Gasteiger partial charge in [-0.15, -0.1) is 0 Å². The molecule has 11 nitrogen and oxygen atoms in total. The Morgan fingerprint density at radius 1 is 1.12 bits per heavy atom. The lowest BCUT2D eigenvalue weighted by molar-refractivity contribution is -0.384. The van der Waals surface area contributed by atoms with Crippen molar-refractivity contribution in [1.29, 1.82) is 0 Å². The van der Waals surface area contributed by atoms with Gasteiger partial charge in [-0.05, 0) is 49.7 Å². The summed E-state index contributed by atoms with van der Waals surface area (Å²) in [4.78, 5) is 42.3. The van der Waals surface area contributed by atoms with E-state index in [-0.39, 0.29) is 11.3 Å². The SMILES string of the molecule is CCOc1ccc([C@H]2C(C(=O)OC)=CN=c3s/c(=C/c4ccc(-c5ccccc5[N+](=O)[O-])o4)c(=O)n32)cc1OCC. The summed E-state index contributed by atoms with van der Waals surface area (Å²) in [5, 5.41) is 11.5. The predicted octanol–water partition coefficient (Wildman–Crippen LogP) is 3.98. The molecule has 3 heterocycles. The molecule has 0 fully saturated rings. The molecule has 0 saturated carbocycles. The largest absolute Gasteiger partial charge is 0.490 e. The van der Waals surface area contributed by atoms with E-state index in [1.165, 1.54) is 23.9 Å². The lowest BCUT2D eigenvalue weighted by Gasteiger charge is -2.23.